The van der Waals surface area contributed by atoms with Crippen LogP contribution in [-0.4, -0.2) is 6.54 Å². The van der Waals surface area contributed by atoms with Crippen molar-refractivity contribution in [2.75, 3.05) is 6.54 Å². The molecular formula is C16H14FNO. The van der Waals surface area contributed by atoms with Crippen LogP contribution in [0.1, 0.15) is 11.1 Å². The Bertz CT molecular complexity index is 599. The quantitative estimate of drug-likeness (QED) is 0.856. The molecule has 96 valence electrons. The van der Waals surface area contributed by atoms with Gasteiger partial charge in [-0.1, -0.05) is 42.2 Å². The lowest BCUT2D eigenvalue weighted by Gasteiger charge is -2.07. The molecule has 3 heteroatoms. The zero-order chi connectivity index (χ0) is 13.5. The summed E-state index contributed by atoms with van der Waals surface area (Å²) in [5, 5.41) is 0. The molecule has 2 nitrogen and oxygen atoms in total. The van der Waals surface area contributed by atoms with Crippen LogP contribution in [0.3, 0.4) is 0 Å². The van der Waals surface area contributed by atoms with Gasteiger partial charge >= 0.3 is 0 Å². The number of nitrogens with two attached hydrogens (primary N) is 1. The van der Waals surface area contributed by atoms with Crippen LogP contribution in [0.4, 0.5) is 4.39 Å². The molecule has 0 saturated heterocycles. The zero-order valence-corrected chi connectivity index (χ0v) is 10.4. The minimum Gasteiger partial charge on any atom is -0.486 e. The second-order valence-corrected chi connectivity index (χ2v) is 3.93. The van der Waals surface area contributed by atoms with E-state index in [0.29, 0.717) is 12.2 Å². The van der Waals surface area contributed by atoms with Gasteiger partial charge < -0.3 is 10.5 Å². The van der Waals surface area contributed by atoms with Crippen LogP contribution in [0.5, 0.6) is 5.75 Å². The van der Waals surface area contributed by atoms with E-state index < -0.39 is 5.82 Å². The van der Waals surface area contributed by atoms with Gasteiger partial charge in [0.15, 0.2) is 11.6 Å². The minimum atomic E-state index is -0.394. The standard InChI is InChI=1S/C16H14FNO/c17-15-9-8-13(7-4-10-18)11-16(15)19-12-14-5-2-1-3-6-14/h1-3,5-6,8-9,11H,10,12,18H2. The summed E-state index contributed by atoms with van der Waals surface area (Å²) in [5.41, 5.74) is 6.98. The normalized spacial score (nSPS) is 9.58. The number of benzene rings is 2. The van der Waals surface area contributed by atoms with Crippen molar-refractivity contribution in [2.24, 2.45) is 5.73 Å². The lowest BCUT2D eigenvalue weighted by molar-refractivity contribution is 0.290. The highest BCUT2D eigenvalue weighted by atomic mass is 19.1. The molecule has 0 heterocycles. The number of rotatable bonds is 3. The third-order valence-corrected chi connectivity index (χ3v) is 2.50. The fourth-order valence-electron chi connectivity index (χ4n) is 1.58. The van der Waals surface area contributed by atoms with E-state index in [4.69, 9.17) is 10.5 Å². The average molecular weight is 255 g/mol. The molecule has 0 fully saturated rings. The van der Waals surface area contributed by atoms with Crippen molar-refractivity contribution >= 4 is 0 Å². The summed E-state index contributed by atoms with van der Waals surface area (Å²) in [6, 6.07) is 14.1. The number of ether oxygens (including phenoxy) is 1. The maximum absolute atomic E-state index is 13.6. The SMILES string of the molecule is NCC#Cc1ccc(F)c(OCc2ccccc2)c1. The molecule has 0 aliphatic heterocycles. The van der Waals surface area contributed by atoms with Gasteiger partial charge in [-0.05, 0) is 23.8 Å². The number of halogens is 1. The van der Waals surface area contributed by atoms with Gasteiger partial charge in [-0.3, -0.25) is 0 Å². The van der Waals surface area contributed by atoms with Crippen LogP contribution >= 0.6 is 0 Å². The van der Waals surface area contributed by atoms with E-state index in [2.05, 4.69) is 11.8 Å². The van der Waals surface area contributed by atoms with Crippen LogP contribution in [0, 0.1) is 17.7 Å². The molecule has 0 aliphatic rings. The van der Waals surface area contributed by atoms with Crippen molar-refractivity contribution in [1.82, 2.24) is 0 Å². The summed E-state index contributed by atoms with van der Waals surface area (Å²) in [4.78, 5) is 0. The Morgan fingerprint density at radius 3 is 2.63 bits per heavy atom. The van der Waals surface area contributed by atoms with E-state index in [-0.39, 0.29) is 12.3 Å². The number of hydrogen-bond acceptors (Lipinski definition) is 2. The maximum atomic E-state index is 13.6. The molecule has 0 spiro atoms. The molecule has 0 unspecified atom stereocenters. The van der Waals surface area contributed by atoms with Gasteiger partial charge in [-0.25, -0.2) is 4.39 Å². The van der Waals surface area contributed by atoms with Crippen molar-refractivity contribution in [3.05, 3.63) is 65.5 Å². The van der Waals surface area contributed by atoms with Crippen molar-refractivity contribution in [2.45, 2.75) is 6.61 Å². The maximum Gasteiger partial charge on any atom is 0.165 e. The molecule has 2 aromatic carbocycles. The van der Waals surface area contributed by atoms with E-state index in [0.717, 1.165) is 5.56 Å². The Hall–Kier alpha value is -2.31. The molecule has 0 saturated carbocycles. The fourth-order valence-corrected chi connectivity index (χ4v) is 1.58. The highest BCUT2D eigenvalue weighted by molar-refractivity contribution is 5.40. The predicted octanol–water partition coefficient (Wildman–Crippen LogP) is 2.71. The molecule has 0 aromatic heterocycles. The summed E-state index contributed by atoms with van der Waals surface area (Å²) in [6.07, 6.45) is 0. The Kier molecular flexibility index (Phi) is 4.54. The van der Waals surface area contributed by atoms with Crippen molar-refractivity contribution in [3.63, 3.8) is 0 Å². The van der Waals surface area contributed by atoms with Crippen LogP contribution in [0.15, 0.2) is 48.5 Å². The smallest absolute Gasteiger partial charge is 0.165 e. The topological polar surface area (TPSA) is 35.2 Å². The largest absolute Gasteiger partial charge is 0.486 e. The van der Waals surface area contributed by atoms with Gasteiger partial charge in [0, 0.05) is 5.56 Å². The van der Waals surface area contributed by atoms with Crippen molar-refractivity contribution in [1.29, 1.82) is 0 Å². The highest BCUT2D eigenvalue weighted by Crippen LogP contribution is 2.19. The van der Waals surface area contributed by atoms with Crippen LogP contribution < -0.4 is 10.5 Å². The molecule has 2 N–H and O–H groups in total. The molecule has 19 heavy (non-hydrogen) atoms. The fraction of sp³-hybridized carbons (Fsp3) is 0.125. The van der Waals surface area contributed by atoms with E-state index in [1.165, 1.54) is 6.07 Å². The van der Waals surface area contributed by atoms with Crippen molar-refractivity contribution < 1.29 is 9.13 Å². The van der Waals surface area contributed by atoms with Crippen LogP contribution in [0.25, 0.3) is 0 Å². The van der Waals surface area contributed by atoms with E-state index in [1.807, 2.05) is 30.3 Å². The summed E-state index contributed by atoms with van der Waals surface area (Å²) >= 11 is 0. The molecule has 2 aromatic rings. The van der Waals surface area contributed by atoms with E-state index >= 15 is 0 Å². The van der Waals surface area contributed by atoms with Gasteiger partial charge in [-0.2, -0.15) is 0 Å². The van der Waals surface area contributed by atoms with Crippen LogP contribution in [-0.2, 0) is 6.61 Å². The predicted molar refractivity (Wildman–Crippen MR) is 73.1 cm³/mol. The van der Waals surface area contributed by atoms with Gasteiger partial charge in [0.05, 0.1) is 6.54 Å². The average Bonchev–Trinajstić information content (AvgIpc) is 2.46. The first-order valence-electron chi connectivity index (χ1n) is 5.95. The monoisotopic (exact) mass is 255 g/mol. The Morgan fingerprint density at radius 1 is 1.11 bits per heavy atom. The summed E-state index contributed by atoms with van der Waals surface area (Å²) in [5.74, 6) is 5.38. The lowest BCUT2D eigenvalue weighted by atomic mass is 10.2. The number of hydrogen-bond donors (Lipinski definition) is 1. The van der Waals surface area contributed by atoms with Gasteiger partial charge in [0.1, 0.15) is 6.61 Å². The summed E-state index contributed by atoms with van der Waals surface area (Å²) < 4.78 is 19.1. The molecule has 0 bridgehead atoms. The van der Waals surface area contributed by atoms with E-state index in [1.54, 1.807) is 12.1 Å². The molecule has 2 rings (SSSR count). The second-order valence-electron chi connectivity index (χ2n) is 3.93. The second kappa shape index (κ2) is 6.58. The highest BCUT2D eigenvalue weighted by Gasteiger charge is 2.04. The third-order valence-electron chi connectivity index (χ3n) is 2.50. The van der Waals surface area contributed by atoms with Gasteiger partial charge in [0.2, 0.25) is 0 Å². The van der Waals surface area contributed by atoms with Crippen LogP contribution in [0.2, 0.25) is 0 Å². The third kappa shape index (κ3) is 3.84. The molecule has 0 amide bonds. The first-order valence-corrected chi connectivity index (χ1v) is 5.95. The Balaban J connectivity index is 2.11. The summed E-state index contributed by atoms with van der Waals surface area (Å²) in [7, 11) is 0. The van der Waals surface area contributed by atoms with Gasteiger partial charge in [0.25, 0.3) is 0 Å². The molecular weight excluding hydrogens is 241 g/mol. The minimum absolute atomic E-state index is 0.202. The van der Waals surface area contributed by atoms with Gasteiger partial charge in [-0.15, -0.1) is 0 Å². The lowest BCUT2D eigenvalue weighted by Crippen LogP contribution is -1.98. The van der Waals surface area contributed by atoms with Crippen molar-refractivity contribution in [3.8, 4) is 17.6 Å². The Labute approximate surface area is 112 Å². The zero-order valence-electron chi connectivity index (χ0n) is 10.4. The molecule has 0 atom stereocenters. The molecule has 0 aliphatic carbocycles. The summed E-state index contributed by atoms with van der Waals surface area (Å²) in [6.45, 7) is 0.600. The Morgan fingerprint density at radius 2 is 1.89 bits per heavy atom. The van der Waals surface area contributed by atoms with E-state index in [9.17, 15) is 4.39 Å². The first kappa shape index (κ1) is 13.1. The first-order chi connectivity index (χ1) is 9.29. The molecule has 0 radical (unpaired) electrons.